The van der Waals surface area contributed by atoms with Crippen molar-refractivity contribution >= 4 is 35.0 Å². The molecule has 2 saturated heterocycles. The van der Waals surface area contributed by atoms with Crippen LogP contribution in [-0.2, 0) is 35.4 Å². The summed E-state index contributed by atoms with van der Waals surface area (Å²) in [7, 11) is 0. The van der Waals surface area contributed by atoms with Gasteiger partial charge < -0.3 is 10.2 Å². The van der Waals surface area contributed by atoms with E-state index < -0.39 is 47.2 Å². The molecule has 8 rings (SSSR count). The molecule has 16 heteroatoms. The Balaban J connectivity index is 0.893. The number of carbonyl (C=O) groups excluding carboxylic acids is 4. The summed E-state index contributed by atoms with van der Waals surface area (Å²) in [5.74, 6) is 3.52. The lowest BCUT2D eigenvalue weighted by atomic mass is 10.0. The van der Waals surface area contributed by atoms with Gasteiger partial charge in [0, 0.05) is 86.4 Å². The smallest absolute Gasteiger partial charge is 0.322 e. The average molecular weight is 793 g/mol. The van der Waals surface area contributed by atoms with Gasteiger partial charge in [0.05, 0.1) is 11.8 Å². The van der Waals surface area contributed by atoms with E-state index in [0.717, 1.165) is 11.6 Å². The van der Waals surface area contributed by atoms with Gasteiger partial charge in [-0.15, -0.1) is 0 Å². The number of carbonyl (C=O) groups is 4. The van der Waals surface area contributed by atoms with Crippen molar-refractivity contribution < 1.29 is 36.7 Å². The van der Waals surface area contributed by atoms with Crippen LogP contribution in [0.15, 0.2) is 73.1 Å². The second kappa shape index (κ2) is 15.5. The van der Waals surface area contributed by atoms with Gasteiger partial charge in [0.2, 0.25) is 11.8 Å². The third-order valence-electron chi connectivity index (χ3n) is 10.7. The Bertz CT molecular complexity index is 2550. The number of alkyl halides is 3. The van der Waals surface area contributed by atoms with Crippen LogP contribution >= 0.6 is 0 Å². The van der Waals surface area contributed by atoms with Crippen LogP contribution in [-0.4, -0.2) is 85.1 Å². The molecule has 0 saturated carbocycles. The van der Waals surface area contributed by atoms with Gasteiger partial charge in [0.25, 0.3) is 11.8 Å². The van der Waals surface area contributed by atoms with Crippen molar-refractivity contribution in [2.75, 3.05) is 31.5 Å². The average Bonchev–Trinajstić information content (AvgIpc) is 3.75. The number of hydrogen-bond acceptors (Lipinski definition) is 8. The van der Waals surface area contributed by atoms with E-state index in [2.05, 4.69) is 32.6 Å². The summed E-state index contributed by atoms with van der Waals surface area (Å²) >= 11 is 0. The zero-order valence-electron chi connectivity index (χ0n) is 31.2. The van der Waals surface area contributed by atoms with Crippen molar-refractivity contribution in [3.63, 3.8) is 0 Å². The van der Waals surface area contributed by atoms with Crippen molar-refractivity contribution in [3.05, 3.63) is 129 Å². The molecule has 0 spiro atoms. The predicted molar refractivity (Wildman–Crippen MR) is 203 cm³/mol. The van der Waals surface area contributed by atoms with Crippen molar-refractivity contribution in [3.8, 4) is 11.8 Å². The number of amides is 4. The van der Waals surface area contributed by atoms with Crippen LogP contribution in [0.25, 0.3) is 5.65 Å². The number of piperidine rings is 1. The third kappa shape index (κ3) is 7.91. The Morgan fingerprint density at radius 1 is 0.948 bits per heavy atom. The number of fused-ring (bicyclic) bond motifs is 2. The number of benzene rings is 3. The molecule has 4 amide bonds. The summed E-state index contributed by atoms with van der Waals surface area (Å²) in [5, 5.41) is 9.10. The fourth-order valence-corrected chi connectivity index (χ4v) is 7.55. The second-order valence-corrected chi connectivity index (χ2v) is 14.6. The topological polar surface area (TPSA) is 132 Å². The van der Waals surface area contributed by atoms with Crippen LogP contribution in [0.5, 0.6) is 0 Å². The predicted octanol–water partition coefficient (Wildman–Crippen LogP) is 4.93. The molecule has 3 aliphatic heterocycles. The van der Waals surface area contributed by atoms with Crippen LogP contribution in [0.1, 0.15) is 72.6 Å². The van der Waals surface area contributed by atoms with Crippen molar-refractivity contribution in [2.45, 2.75) is 51.6 Å². The summed E-state index contributed by atoms with van der Waals surface area (Å²) < 4.78 is 60.1. The van der Waals surface area contributed by atoms with E-state index in [4.69, 9.17) is 0 Å². The highest BCUT2D eigenvalue weighted by molar-refractivity contribution is 6.06. The molecule has 3 aliphatic rings. The summed E-state index contributed by atoms with van der Waals surface area (Å²) in [6.45, 7) is 4.00. The van der Waals surface area contributed by atoms with Gasteiger partial charge in [-0.1, -0.05) is 18.1 Å². The maximum atomic E-state index is 15.3. The molecule has 3 aromatic carbocycles. The molecule has 1 atom stereocenters. The second-order valence-electron chi connectivity index (χ2n) is 14.6. The van der Waals surface area contributed by atoms with E-state index in [1.807, 2.05) is 16.7 Å². The number of nitrogens with one attached hydrogen (secondary N) is 2. The molecule has 0 aliphatic carbocycles. The molecule has 2 aromatic heterocycles. The first kappa shape index (κ1) is 38.4. The highest BCUT2D eigenvalue weighted by Gasteiger charge is 2.40. The molecular formula is C42H36F4N8O4. The Morgan fingerprint density at radius 3 is 2.45 bits per heavy atom. The molecule has 2 fully saturated rings. The number of aryl methyl sites for hydroxylation is 1. The number of piperazine rings is 1. The molecule has 0 bridgehead atoms. The molecule has 12 nitrogen and oxygen atoms in total. The molecule has 5 aromatic rings. The van der Waals surface area contributed by atoms with E-state index in [-0.39, 0.29) is 54.9 Å². The number of imide groups is 1. The SMILES string of the molecule is Cc1ccc(C(=O)Nc2ccc(CN3CCN(Cc4cc5c(cc4F)C(=O)N(C4CCC(=O)NC4=O)C5)CC3)c(C(F)(F)F)c2)cc1C#Cc1cnc2cccnn12. The summed E-state index contributed by atoms with van der Waals surface area (Å²) in [6, 6.07) is 14.2. The van der Waals surface area contributed by atoms with Gasteiger partial charge in [-0.3, -0.25) is 34.3 Å². The van der Waals surface area contributed by atoms with Crippen LogP contribution < -0.4 is 10.6 Å². The van der Waals surface area contributed by atoms with E-state index in [0.29, 0.717) is 54.2 Å². The number of imidazole rings is 1. The standard InChI is InChI=1S/C42H36F4N8O4/c1-25-4-5-27(17-26(25)7-9-32-21-47-37-3-2-12-48-54(32)37)39(56)49-31-8-6-28(34(19-31)42(44,45)46)22-51-13-15-52(16-14-51)23-30-18-29-24-53(41(58)33(29)20-35(30)43)36-10-11-38(55)50-40(36)57/h2-6,8,12,17-21,36H,10-11,13-16,22-24H2,1H3,(H,49,56)(H,50,55,57). The summed E-state index contributed by atoms with van der Waals surface area (Å²) in [5.41, 5.74) is 3.14. The van der Waals surface area contributed by atoms with Crippen molar-refractivity contribution in [1.29, 1.82) is 0 Å². The number of aromatic nitrogens is 3. The van der Waals surface area contributed by atoms with Crippen LogP contribution in [0.3, 0.4) is 0 Å². The Labute approximate surface area is 329 Å². The van der Waals surface area contributed by atoms with E-state index >= 15 is 4.39 Å². The van der Waals surface area contributed by atoms with E-state index in [1.54, 1.807) is 53.3 Å². The van der Waals surface area contributed by atoms with E-state index in [9.17, 15) is 32.3 Å². The van der Waals surface area contributed by atoms with Gasteiger partial charge in [-0.2, -0.15) is 18.3 Å². The van der Waals surface area contributed by atoms with Gasteiger partial charge in [0.15, 0.2) is 5.65 Å². The first-order valence-corrected chi connectivity index (χ1v) is 18.6. The maximum absolute atomic E-state index is 15.3. The fourth-order valence-electron chi connectivity index (χ4n) is 7.55. The monoisotopic (exact) mass is 792 g/mol. The normalized spacial score (nSPS) is 17.6. The maximum Gasteiger partial charge on any atom is 0.416 e. The lowest BCUT2D eigenvalue weighted by molar-refractivity contribution is -0.139. The molecule has 5 heterocycles. The highest BCUT2D eigenvalue weighted by Crippen LogP contribution is 2.35. The molecular weight excluding hydrogens is 757 g/mol. The lowest BCUT2D eigenvalue weighted by Gasteiger charge is -2.35. The first-order valence-electron chi connectivity index (χ1n) is 18.6. The number of nitrogens with zero attached hydrogens (tertiary/aromatic N) is 6. The molecule has 296 valence electrons. The zero-order chi connectivity index (χ0) is 40.7. The highest BCUT2D eigenvalue weighted by atomic mass is 19.4. The molecule has 1 unspecified atom stereocenters. The van der Waals surface area contributed by atoms with E-state index in [1.165, 1.54) is 23.1 Å². The minimum absolute atomic E-state index is 0.00536. The molecule has 0 radical (unpaired) electrons. The lowest BCUT2D eigenvalue weighted by Crippen LogP contribution is -2.52. The van der Waals surface area contributed by atoms with Crippen molar-refractivity contribution in [1.82, 2.24) is 34.6 Å². The number of rotatable bonds is 7. The Hall–Kier alpha value is -6.44. The fraction of sp³-hybridized carbons (Fsp3) is 0.286. The summed E-state index contributed by atoms with van der Waals surface area (Å²) in [6.07, 6.45) is -1.16. The quantitative estimate of drug-likeness (QED) is 0.135. The Morgan fingerprint density at radius 2 is 1.71 bits per heavy atom. The van der Waals surface area contributed by atoms with Crippen LogP contribution in [0.4, 0.5) is 23.2 Å². The molecule has 2 N–H and O–H groups in total. The third-order valence-corrected chi connectivity index (χ3v) is 10.7. The number of halogens is 4. The Kier molecular flexibility index (Phi) is 10.3. The van der Waals surface area contributed by atoms with Gasteiger partial charge in [0.1, 0.15) is 17.6 Å². The zero-order valence-corrected chi connectivity index (χ0v) is 31.2. The van der Waals surface area contributed by atoms with Crippen LogP contribution in [0, 0.1) is 24.6 Å². The largest absolute Gasteiger partial charge is 0.416 e. The first-order chi connectivity index (χ1) is 27.8. The minimum atomic E-state index is -4.68. The number of hydrogen-bond donors (Lipinski definition) is 2. The molecule has 58 heavy (non-hydrogen) atoms. The van der Waals surface area contributed by atoms with Crippen molar-refractivity contribution in [2.24, 2.45) is 0 Å². The number of anilines is 1. The van der Waals surface area contributed by atoms with Crippen LogP contribution in [0.2, 0.25) is 0 Å². The van der Waals surface area contributed by atoms with Gasteiger partial charge in [-0.05, 0) is 84.5 Å². The van der Waals surface area contributed by atoms with Gasteiger partial charge in [-0.25, -0.2) is 13.9 Å². The summed E-state index contributed by atoms with van der Waals surface area (Å²) in [4.78, 5) is 59.8. The minimum Gasteiger partial charge on any atom is -0.322 e. The van der Waals surface area contributed by atoms with Gasteiger partial charge >= 0.3 is 6.18 Å².